The van der Waals surface area contributed by atoms with Crippen LogP contribution in [0.4, 0.5) is 4.39 Å². The molecule has 1 rings (SSSR count). The molecule has 1 aromatic carbocycles. The molecule has 0 saturated carbocycles. The summed E-state index contributed by atoms with van der Waals surface area (Å²) in [6.07, 6.45) is 0. The molecule has 1 aromatic rings. The number of rotatable bonds is 1. The van der Waals surface area contributed by atoms with E-state index in [2.05, 4.69) is 15.9 Å². The van der Waals surface area contributed by atoms with Crippen LogP contribution in [-0.2, 0) is 6.54 Å². The summed E-state index contributed by atoms with van der Waals surface area (Å²) in [6, 6.07) is 2.96. The Balaban J connectivity index is 3.25. The summed E-state index contributed by atoms with van der Waals surface area (Å²) in [5, 5.41) is 0.361. The molecule has 0 aliphatic rings. The van der Waals surface area contributed by atoms with Crippen LogP contribution in [0.15, 0.2) is 16.6 Å². The third-order valence-corrected chi connectivity index (χ3v) is 2.10. The van der Waals surface area contributed by atoms with Crippen molar-refractivity contribution in [2.45, 2.75) is 6.54 Å². The molecule has 0 aliphatic heterocycles. The van der Waals surface area contributed by atoms with Crippen LogP contribution in [0.25, 0.3) is 0 Å². The second-order valence-electron chi connectivity index (χ2n) is 2.05. The van der Waals surface area contributed by atoms with Crippen molar-refractivity contribution < 1.29 is 4.39 Å². The third-order valence-electron chi connectivity index (χ3n) is 1.31. The second kappa shape index (κ2) is 3.52. The van der Waals surface area contributed by atoms with Gasteiger partial charge in [-0.2, -0.15) is 0 Å². The molecule has 0 aromatic heterocycles. The second-order valence-corrected chi connectivity index (χ2v) is 3.37. The average Bonchev–Trinajstić information content (AvgIpc) is 1.85. The Bertz CT molecular complexity index is 254. The van der Waals surface area contributed by atoms with Gasteiger partial charge in [0, 0.05) is 21.6 Å². The van der Waals surface area contributed by atoms with E-state index in [1.807, 2.05) is 0 Å². The lowest BCUT2D eigenvalue weighted by Crippen LogP contribution is -2.00. The highest BCUT2D eigenvalue weighted by Gasteiger charge is 2.05. The SMILES string of the molecule is NCc1c(F)cc(Br)cc1Cl. The summed E-state index contributed by atoms with van der Waals surface area (Å²) in [6.45, 7) is 0.123. The molecule has 0 saturated heterocycles. The van der Waals surface area contributed by atoms with Crippen LogP contribution in [0, 0.1) is 5.82 Å². The maximum atomic E-state index is 12.9. The van der Waals surface area contributed by atoms with E-state index in [1.54, 1.807) is 6.07 Å². The van der Waals surface area contributed by atoms with Crippen molar-refractivity contribution in [2.24, 2.45) is 5.73 Å². The van der Waals surface area contributed by atoms with Gasteiger partial charge in [-0.1, -0.05) is 27.5 Å². The summed E-state index contributed by atoms with van der Waals surface area (Å²) in [5.41, 5.74) is 5.62. The molecule has 0 atom stereocenters. The zero-order valence-corrected chi connectivity index (χ0v) is 7.91. The summed E-state index contributed by atoms with van der Waals surface area (Å²) in [5.74, 6) is -0.369. The Hall–Kier alpha value is -0.120. The van der Waals surface area contributed by atoms with Gasteiger partial charge in [0.15, 0.2) is 0 Å². The van der Waals surface area contributed by atoms with Crippen molar-refractivity contribution in [3.8, 4) is 0 Å². The Labute approximate surface area is 77.5 Å². The monoisotopic (exact) mass is 237 g/mol. The van der Waals surface area contributed by atoms with Crippen molar-refractivity contribution in [3.05, 3.63) is 33.0 Å². The van der Waals surface area contributed by atoms with Gasteiger partial charge < -0.3 is 5.73 Å². The Morgan fingerprint density at radius 1 is 1.55 bits per heavy atom. The summed E-state index contributed by atoms with van der Waals surface area (Å²) >= 11 is 8.80. The van der Waals surface area contributed by atoms with Crippen molar-refractivity contribution in [3.63, 3.8) is 0 Å². The molecule has 0 unspecified atom stereocenters. The molecule has 0 heterocycles. The maximum absolute atomic E-state index is 12.9. The summed E-state index contributed by atoms with van der Waals surface area (Å²) in [7, 11) is 0. The first-order valence-corrected chi connectivity index (χ1v) is 4.15. The van der Waals surface area contributed by atoms with Gasteiger partial charge in [0.25, 0.3) is 0 Å². The third kappa shape index (κ3) is 1.92. The molecule has 1 nitrogen and oxygen atoms in total. The van der Waals surface area contributed by atoms with Crippen LogP contribution in [0.3, 0.4) is 0 Å². The van der Waals surface area contributed by atoms with Crippen LogP contribution in [-0.4, -0.2) is 0 Å². The molecule has 0 bridgehead atoms. The molecular weight excluding hydrogens is 232 g/mol. The first-order valence-electron chi connectivity index (χ1n) is 2.98. The fourth-order valence-corrected chi connectivity index (χ4v) is 1.61. The smallest absolute Gasteiger partial charge is 0.130 e. The molecule has 0 fully saturated rings. The number of halogens is 3. The number of hydrogen-bond acceptors (Lipinski definition) is 1. The van der Waals surface area contributed by atoms with Gasteiger partial charge in [0.05, 0.1) is 0 Å². The Morgan fingerprint density at radius 2 is 2.18 bits per heavy atom. The molecule has 60 valence electrons. The number of hydrogen-bond donors (Lipinski definition) is 1. The van der Waals surface area contributed by atoms with E-state index in [0.29, 0.717) is 15.1 Å². The highest BCUT2D eigenvalue weighted by molar-refractivity contribution is 9.10. The van der Waals surface area contributed by atoms with Crippen LogP contribution in [0.2, 0.25) is 5.02 Å². The molecule has 0 radical (unpaired) electrons. The predicted octanol–water partition coefficient (Wildman–Crippen LogP) is 2.70. The fraction of sp³-hybridized carbons (Fsp3) is 0.143. The fourth-order valence-electron chi connectivity index (χ4n) is 0.767. The Kier molecular flexibility index (Phi) is 2.87. The largest absolute Gasteiger partial charge is 0.326 e. The zero-order chi connectivity index (χ0) is 8.43. The quantitative estimate of drug-likeness (QED) is 0.800. The van der Waals surface area contributed by atoms with Gasteiger partial charge >= 0.3 is 0 Å². The average molecular weight is 238 g/mol. The van der Waals surface area contributed by atoms with Crippen molar-refractivity contribution in [2.75, 3.05) is 0 Å². The number of benzene rings is 1. The van der Waals surface area contributed by atoms with Crippen molar-refractivity contribution >= 4 is 27.5 Å². The van der Waals surface area contributed by atoms with E-state index in [4.69, 9.17) is 17.3 Å². The molecular formula is C7H6BrClFN. The van der Waals surface area contributed by atoms with Gasteiger partial charge in [-0.05, 0) is 12.1 Å². The standard InChI is InChI=1S/C7H6BrClFN/c8-4-1-6(9)5(3-11)7(10)2-4/h1-2H,3,11H2. The summed E-state index contributed by atoms with van der Waals surface area (Å²) in [4.78, 5) is 0. The Morgan fingerprint density at radius 3 is 2.64 bits per heavy atom. The molecule has 4 heteroatoms. The van der Waals surface area contributed by atoms with E-state index in [1.165, 1.54) is 6.07 Å². The first-order chi connectivity index (χ1) is 5.15. The van der Waals surface area contributed by atoms with Crippen molar-refractivity contribution in [1.29, 1.82) is 0 Å². The first kappa shape index (κ1) is 8.97. The predicted molar refractivity (Wildman–Crippen MR) is 47.0 cm³/mol. The lowest BCUT2D eigenvalue weighted by Gasteiger charge is -2.02. The van der Waals surface area contributed by atoms with Gasteiger partial charge in [-0.3, -0.25) is 0 Å². The van der Waals surface area contributed by atoms with Gasteiger partial charge in [0.2, 0.25) is 0 Å². The van der Waals surface area contributed by atoms with Gasteiger partial charge in [-0.15, -0.1) is 0 Å². The molecule has 0 amide bonds. The molecule has 11 heavy (non-hydrogen) atoms. The van der Waals surface area contributed by atoms with Crippen LogP contribution >= 0.6 is 27.5 Å². The lowest BCUT2D eigenvalue weighted by atomic mass is 10.2. The van der Waals surface area contributed by atoms with E-state index in [-0.39, 0.29) is 12.4 Å². The van der Waals surface area contributed by atoms with Crippen molar-refractivity contribution in [1.82, 2.24) is 0 Å². The zero-order valence-electron chi connectivity index (χ0n) is 5.57. The van der Waals surface area contributed by atoms with Crippen LogP contribution < -0.4 is 5.73 Å². The van der Waals surface area contributed by atoms with Gasteiger partial charge in [-0.25, -0.2) is 4.39 Å². The molecule has 0 spiro atoms. The lowest BCUT2D eigenvalue weighted by molar-refractivity contribution is 0.610. The van der Waals surface area contributed by atoms with E-state index in [9.17, 15) is 4.39 Å². The maximum Gasteiger partial charge on any atom is 0.130 e. The topological polar surface area (TPSA) is 26.0 Å². The minimum atomic E-state index is -0.369. The number of nitrogens with two attached hydrogens (primary N) is 1. The van der Waals surface area contributed by atoms with Gasteiger partial charge in [0.1, 0.15) is 5.82 Å². The van der Waals surface area contributed by atoms with E-state index >= 15 is 0 Å². The molecule has 0 aliphatic carbocycles. The van der Waals surface area contributed by atoms with E-state index in [0.717, 1.165) is 0 Å². The van der Waals surface area contributed by atoms with Crippen LogP contribution in [0.1, 0.15) is 5.56 Å². The minimum absolute atomic E-state index is 0.123. The van der Waals surface area contributed by atoms with E-state index < -0.39 is 0 Å². The minimum Gasteiger partial charge on any atom is -0.326 e. The highest BCUT2D eigenvalue weighted by atomic mass is 79.9. The van der Waals surface area contributed by atoms with Crippen LogP contribution in [0.5, 0.6) is 0 Å². The highest BCUT2D eigenvalue weighted by Crippen LogP contribution is 2.23. The summed E-state index contributed by atoms with van der Waals surface area (Å²) < 4.78 is 13.5. The molecule has 2 N–H and O–H groups in total. The normalized spacial score (nSPS) is 10.2.